The summed E-state index contributed by atoms with van der Waals surface area (Å²) in [6.45, 7) is 2.09. The molecule has 2 rings (SSSR count). The zero-order chi connectivity index (χ0) is 14.5. The second-order valence-corrected chi connectivity index (χ2v) is 6.48. The molecular weight excluding hydrogens is 339 g/mol. The highest BCUT2D eigenvalue weighted by Crippen LogP contribution is 2.21. The van der Waals surface area contributed by atoms with Gasteiger partial charge in [-0.2, -0.15) is 0 Å². The minimum absolute atomic E-state index is 0.0327. The van der Waals surface area contributed by atoms with Crippen LogP contribution in [0.15, 0.2) is 51.8 Å². The average Bonchev–Trinajstić information content (AvgIpc) is 2.43. The second-order valence-electron chi connectivity index (χ2n) is 4.29. The van der Waals surface area contributed by atoms with Crippen molar-refractivity contribution in [1.82, 2.24) is 0 Å². The maximum Gasteiger partial charge on any atom is 0.167 e. The van der Waals surface area contributed by atoms with Crippen LogP contribution in [0.25, 0.3) is 0 Å². The fourth-order valence-corrected chi connectivity index (χ4v) is 3.00. The van der Waals surface area contributed by atoms with Crippen LogP contribution in [0.5, 0.6) is 0 Å². The lowest BCUT2D eigenvalue weighted by molar-refractivity contribution is 0.0992. The lowest BCUT2D eigenvalue weighted by atomic mass is 10.0. The van der Waals surface area contributed by atoms with Crippen LogP contribution in [0.1, 0.15) is 22.8 Å². The zero-order valence-corrected chi connectivity index (χ0v) is 13.4. The highest BCUT2D eigenvalue weighted by Gasteiger charge is 2.10. The number of carbonyl (C=O) groups excluding carboxylic acids is 1. The van der Waals surface area contributed by atoms with Gasteiger partial charge in [-0.25, -0.2) is 4.39 Å². The zero-order valence-electron chi connectivity index (χ0n) is 11.0. The molecule has 0 aliphatic carbocycles. The van der Waals surface area contributed by atoms with Gasteiger partial charge < -0.3 is 0 Å². The van der Waals surface area contributed by atoms with E-state index in [9.17, 15) is 9.18 Å². The van der Waals surface area contributed by atoms with Crippen LogP contribution in [0.4, 0.5) is 4.39 Å². The van der Waals surface area contributed by atoms with Crippen molar-refractivity contribution >= 4 is 33.5 Å². The monoisotopic (exact) mass is 352 g/mol. The predicted octanol–water partition coefficient (Wildman–Crippen LogP) is 5.13. The van der Waals surface area contributed by atoms with Gasteiger partial charge in [0.15, 0.2) is 5.78 Å². The van der Waals surface area contributed by atoms with Crippen molar-refractivity contribution in [2.45, 2.75) is 18.2 Å². The molecule has 0 aliphatic heterocycles. The maximum atomic E-state index is 13.0. The third kappa shape index (κ3) is 3.93. The number of thioether (sulfide) groups is 1. The Morgan fingerprint density at radius 1 is 1.20 bits per heavy atom. The molecule has 0 unspecified atom stereocenters. The lowest BCUT2D eigenvalue weighted by Crippen LogP contribution is -2.04. The fourth-order valence-electron chi connectivity index (χ4n) is 1.84. The number of carbonyl (C=O) groups is 1. The summed E-state index contributed by atoms with van der Waals surface area (Å²) in [5, 5.41) is 0. The highest BCUT2D eigenvalue weighted by atomic mass is 79.9. The first kappa shape index (κ1) is 15.3. The lowest BCUT2D eigenvalue weighted by Gasteiger charge is -2.05. The molecule has 0 amide bonds. The van der Waals surface area contributed by atoms with Crippen molar-refractivity contribution in [1.29, 1.82) is 0 Å². The summed E-state index contributed by atoms with van der Waals surface area (Å²) in [7, 11) is 0. The molecule has 104 valence electrons. The Labute approximate surface area is 130 Å². The smallest absolute Gasteiger partial charge is 0.167 e. The van der Waals surface area contributed by atoms with E-state index in [1.165, 1.54) is 12.1 Å². The summed E-state index contributed by atoms with van der Waals surface area (Å²) < 4.78 is 13.6. The Morgan fingerprint density at radius 2 is 1.90 bits per heavy atom. The summed E-state index contributed by atoms with van der Waals surface area (Å²) in [6.07, 6.45) is 0.265. The van der Waals surface area contributed by atoms with Crippen LogP contribution in [0.2, 0.25) is 0 Å². The van der Waals surface area contributed by atoms with Crippen LogP contribution in [-0.2, 0) is 6.42 Å². The molecule has 1 nitrogen and oxygen atoms in total. The van der Waals surface area contributed by atoms with Crippen molar-refractivity contribution in [3.63, 3.8) is 0 Å². The third-order valence-electron chi connectivity index (χ3n) is 2.85. The molecule has 0 spiro atoms. The van der Waals surface area contributed by atoms with Crippen molar-refractivity contribution < 1.29 is 9.18 Å². The van der Waals surface area contributed by atoms with Gasteiger partial charge in [-0.1, -0.05) is 41.1 Å². The fraction of sp³-hybridized carbons (Fsp3) is 0.188. The third-order valence-corrected chi connectivity index (χ3v) is 4.49. The maximum absolute atomic E-state index is 13.0. The van der Waals surface area contributed by atoms with Crippen LogP contribution in [0, 0.1) is 5.82 Å². The van der Waals surface area contributed by atoms with Gasteiger partial charge >= 0.3 is 0 Å². The second kappa shape index (κ2) is 7.04. The summed E-state index contributed by atoms with van der Waals surface area (Å²) in [4.78, 5) is 13.4. The molecule has 0 saturated heterocycles. The molecule has 0 aromatic heterocycles. The van der Waals surface area contributed by atoms with E-state index in [0.717, 1.165) is 16.2 Å². The van der Waals surface area contributed by atoms with Gasteiger partial charge in [0.25, 0.3) is 0 Å². The number of Topliss-reactive ketones (excluding diaryl/α,β-unsaturated/α-hetero) is 1. The van der Waals surface area contributed by atoms with Crippen LogP contribution in [0.3, 0.4) is 0 Å². The molecule has 4 heteroatoms. The minimum atomic E-state index is -0.311. The van der Waals surface area contributed by atoms with E-state index >= 15 is 0 Å². The first-order valence-electron chi connectivity index (χ1n) is 6.30. The van der Waals surface area contributed by atoms with Gasteiger partial charge in [-0.15, -0.1) is 11.8 Å². The molecule has 0 saturated carbocycles. The van der Waals surface area contributed by atoms with Crippen LogP contribution in [-0.4, -0.2) is 11.5 Å². The quantitative estimate of drug-likeness (QED) is 0.548. The van der Waals surface area contributed by atoms with Crippen LogP contribution >= 0.6 is 27.7 Å². The van der Waals surface area contributed by atoms with Gasteiger partial charge in [-0.3, -0.25) is 4.79 Å². The van der Waals surface area contributed by atoms with E-state index < -0.39 is 0 Å². The van der Waals surface area contributed by atoms with Crippen molar-refractivity contribution in [2.24, 2.45) is 0 Å². The number of halogens is 2. The van der Waals surface area contributed by atoms with Gasteiger partial charge in [0.05, 0.1) is 0 Å². The summed E-state index contributed by atoms with van der Waals surface area (Å²) >= 11 is 5.03. The molecule has 0 bridgehead atoms. The standard InChI is InChI=1S/C16H14BrFOS/c1-2-20-14-7-4-11(5-8-14)16(19)9-12-3-6-13(18)10-15(12)17/h3-8,10H,2,9H2,1H3. The Kier molecular flexibility index (Phi) is 5.38. The minimum Gasteiger partial charge on any atom is -0.294 e. The molecule has 0 atom stereocenters. The SMILES string of the molecule is CCSc1ccc(C(=O)Cc2ccc(F)cc2Br)cc1. The average molecular weight is 353 g/mol. The summed E-state index contributed by atoms with van der Waals surface area (Å²) in [5.41, 5.74) is 1.48. The van der Waals surface area contributed by atoms with E-state index in [2.05, 4.69) is 22.9 Å². The van der Waals surface area contributed by atoms with Gasteiger partial charge in [-0.05, 0) is 35.6 Å². The number of hydrogen-bond acceptors (Lipinski definition) is 2. The van der Waals surface area contributed by atoms with Crippen molar-refractivity contribution in [3.05, 3.63) is 63.9 Å². The van der Waals surface area contributed by atoms with E-state index in [-0.39, 0.29) is 18.0 Å². The number of benzene rings is 2. The topological polar surface area (TPSA) is 17.1 Å². The van der Waals surface area contributed by atoms with E-state index in [1.807, 2.05) is 24.3 Å². The molecule has 2 aromatic carbocycles. The van der Waals surface area contributed by atoms with Crippen molar-refractivity contribution in [3.8, 4) is 0 Å². The number of hydrogen-bond donors (Lipinski definition) is 0. The van der Waals surface area contributed by atoms with Crippen LogP contribution < -0.4 is 0 Å². The molecular formula is C16H14BrFOS. The summed E-state index contributed by atoms with van der Waals surface area (Å²) in [6, 6.07) is 12.0. The number of rotatable bonds is 5. The molecule has 2 aromatic rings. The normalized spacial score (nSPS) is 10.6. The predicted molar refractivity (Wildman–Crippen MR) is 85.0 cm³/mol. The molecule has 0 heterocycles. The summed E-state index contributed by atoms with van der Waals surface area (Å²) in [5.74, 6) is 0.731. The van der Waals surface area contributed by atoms with Gasteiger partial charge in [0.1, 0.15) is 5.82 Å². The van der Waals surface area contributed by atoms with E-state index in [1.54, 1.807) is 17.8 Å². The van der Waals surface area contributed by atoms with E-state index in [0.29, 0.717) is 10.0 Å². The number of ketones is 1. The van der Waals surface area contributed by atoms with Gasteiger partial charge in [0.2, 0.25) is 0 Å². The van der Waals surface area contributed by atoms with E-state index in [4.69, 9.17) is 0 Å². The molecule has 0 aliphatic rings. The Hall–Kier alpha value is -1.13. The largest absolute Gasteiger partial charge is 0.294 e. The van der Waals surface area contributed by atoms with Crippen molar-refractivity contribution in [2.75, 3.05) is 5.75 Å². The van der Waals surface area contributed by atoms with Gasteiger partial charge in [0, 0.05) is 21.4 Å². The molecule has 20 heavy (non-hydrogen) atoms. The Morgan fingerprint density at radius 3 is 2.50 bits per heavy atom. The first-order chi connectivity index (χ1) is 9.60. The Balaban J connectivity index is 2.11. The molecule has 0 N–H and O–H groups in total. The first-order valence-corrected chi connectivity index (χ1v) is 8.08. The Bertz CT molecular complexity index is 610. The highest BCUT2D eigenvalue weighted by molar-refractivity contribution is 9.10. The molecule has 0 fully saturated rings. The molecule has 0 radical (unpaired) electrons.